The molecule has 17 heavy (non-hydrogen) atoms. The first-order valence-corrected chi connectivity index (χ1v) is 5.90. The van der Waals surface area contributed by atoms with Gasteiger partial charge in [0.1, 0.15) is 5.82 Å². The number of nitrogens with two attached hydrogens (primary N) is 1. The highest BCUT2D eigenvalue weighted by Crippen LogP contribution is 2.34. The zero-order valence-corrected chi connectivity index (χ0v) is 10.9. The molecule has 0 amide bonds. The second-order valence-electron chi connectivity index (χ2n) is 4.74. The Morgan fingerprint density at radius 2 is 1.88 bits per heavy atom. The number of rotatable bonds is 2. The van der Waals surface area contributed by atoms with Crippen LogP contribution >= 0.6 is 0 Å². The van der Waals surface area contributed by atoms with Crippen molar-refractivity contribution < 1.29 is 0 Å². The van der Waals surface area contributed by atoms with Crippen molar-refractivity contribution in [3.05, 3.63) is 35.5 Å². The molecule has 1 aromatic carbocycles. The minimum atomic E-state index is 0.369. The van der Waals surface area contributed by atoms with E-state index in [4.69, 9.17) is 5.73 Å². The van der Waals surface area contributed by atoms with E-state index in [0.29, 0.717) is 5.92 Å². The van der Waals surface area contributed by atoms with Gasteiger partial charge < -0.3 is 5.73 Å². The summed E-state index contributed by atoms with van der Waals surface area (Å²) < 4.78 is 1.76. The lowest BCUT2D eigenvalue weighted by Gasteiger charge is -2.09. The quantitative estimate of drug-likeness (QED) is 0.860. The molecule has 2 rings (SSSR count). The fourth-order valence-electron chi connectivity index (χ4n) is 2.09. The van der Waals surface area contributed by atoms with Gasteiger partial charge in [-0.15, -0.1) is 0 Å². The molecule has 0 aliphatic heterocycles. The van der Waals surface area contributed by atoms with Crippen LogP contribution in [0.4, 0.5) is 5.82 Å². The molecule has 0 radical (unpaired) electrons. The van der Waals surface area contributed by atoms with E-state index in [-0.39, 0.29) is 0 Å². The third kappa shape index (κ3) is 1.93. The van der Waals surface area contributed by atoms with E-state index < -0.39 is 0 Å². The number of benzene rings is 1. The molecule has 3 nitrogen and oxygen atoms in total. The lowest BCUT2D eigenvalue weighted by Crippen LogP contribution is -1.98. The molecule has 0 saturated heterocycles. The summed E-state index contributed by atoms with van der Waals surface area (Å²) in [5, 5.41) is 4.52. The molecule has 0 spiro atoms. The summed E-state index contributed by atoms with van der Waals surface area (Å²) in [5.74, 6) is 1.11. The molecule has 1 heterocycles. The van der Waals surface area contributed by atoms with Gasteiger partial charge in [-0.25, -0.2) is 0 Å². The molecule has 0 aliphatic rings. The highest BCUT2D eigenvalue weighted by Gasteiger charge is 2.18. The van der Waals surface area contributed by atoms with E-state index in [9.17, 15) is 0 Å². The lowest BCUT2D eigenvalue weighted by molar-refractivity contribution is 0.719. The highest BCUT2D eigenvalue weighted by atomic mass is 15.3. The third-order valence-corrected chi connectivity index (χ3v) is 3.08. The average Bonchev–Trinajstić information content (AvgIpc) is 2.57. The van der Waals surface area contributed by atoms with E-state index >= 15 is 0 Å². The molecule has 3 heteroatoms. The summed E-state index contributed by atoms with van der Waals surface area (Å²) in [6, 6.07) is 8.29. The Labute approximate surface area is 102 Å². The van der Waals surface area contributed by atoms with Gasteiger partial charge in [-0.1, -0.05) is 38.1 Å². The zero-order valence-electron chi connectivity index (χ0n) is 10.9. The lowest BCUT2D eigenvalue weighted by atomic mass is 9.96. The fourth-order valence-corrected chi connectivity index (χ4v) is 2.09. The van der Waals surface area contributed by atoms with Crippen molar-refractivity contribution in [1.29, 1.82) is 0 Å². The molecule has 2 aromatic rings. The predicted molar refractivity (Wildman–Crippen MR) is 71.9 cm³/mol. The minimum absolute atomic E-state index is 0.369. The topological polar surface area (TPSA) is 43.8 Å². The molecule has 90 valence electrons. The summed E-state index contributed by atoms with van der Waals surface area (Å²) in [4.78, 5) is 0. The molecule has 1 aromatic heterocycles. The Hall–Kier alpha value is -1.77. The first-order valence-electron chi connectivity index (χ1n) is 5.90. The van der Waals surface area contributed by atoms with Gasteiger partial charge in [0.05, 0.1) is 5.69 Å². The van der Waals surface area contributed by atoms with E-state index in [1.54, 1.807) is 4.68 Å². The maximum absolute atomic E-state index is 6.14. The summed E-state index contributed by atoms with van der Waals surface area (Å²) in [5.41, 5.74) is 10.7. The SMILES string of the molecule is Cc1ccccc1-c1c(C(C)C)nn(C)c1N. The molecular weight excluding hydrogens is 210 g/mol. The van der Waals surface area contributed by atoms with Crippen molar-refractivity contribution >= 4 is 5.82 Å². The Balaban J connectivity index is 2.70. The van der Waals surface area contributed by atoms with E-state index in [0.717, 1.165) is 17.1 Å². The minimum Gasteiger partial charge on any atom is -0.383 e. The van der Waals surface area contributed by atoms with Crippen LogP contribution in [-0.4, -0.2) is 9.78 Å². The third-order valence-electron chi connectivity index (χ3n) is 3.08. The second kappa shape index (κ2) is 4.24. The van der Waals surface area contributed by atoms with Crippen molar-refractivity contribution in [2.75, 3.05) is 5.73 Å². The van der Waals surface area contributed by atoms with Crippen molar-refractivity contribution in [3.8, 4) is 11.1 Å². The molecule has 0 unspecified atom stereocenters. The van der Waals surface area contributed by atoms with Gasteiger partial charge in [-0.3, -0.25) is 4.68 Å². The van der Waals surface area contributed by atoms with Crippen LogP contribution in [0.2, 0.25) is 0 Å². The monoisotopic (exact) mass is 229 g/mol. The van der Waals surface area contributed by atoms with Crippen LogP contribution in [0.1, 0.15) is 31.0 Å². The van der Waals surface area contributed by atoms with Crippen LogP contribution in [0.3, 0.4) is 0 Å². The second-order valence-corrected chi connectivity index (χ2v) is 4.74. The van der Waals surface area contributed by atoms with Crippen molar-refractivity contribution in [1.82, 2.24) is 9.78 Å². The summed E-state index contributed by atoms with van der Waals surface area (Å²) in [6.07, 6.45) is 0. The van der Waals surface area contributed by atoms with E-state index in [2.05, 4.69) is 38.0 Å². The van der Waals surface area contributed by atoms with Gasteiger partial charge in [0.15, 0.2) is 0 Å². The predicted octanol–water partition coefficient (Wildman–Crippen LogP) is 3.10. The largest absolute Gasteiger partial charge is 0.383 e. The van der Waals surface area contributed by atoms with Gasteiger partial charge >= 0.3 is 0 Å². The summed E-state index contributed by atoms with van der Waals surface area (Å²) >= 11 is 0. The summed E-state index contributed by atoms with van der Waals surface area (Å²) in [6.45, 7) is 6.39. The Morgan fingerprint density at radius 1 is 1.24 bits per heavy atom. The molecule has 0 atom stereocenters. The number of anilines is 1. The van der Waals surface area contributed by atoms with Gasteiger partial charge in [-0.05, 0) is 24.0 Å². The molecule has 0 fully saturated rings. The number of hydrogen-bond donors (Lipinski definition) is 1. The van der Waals surface area contributed by atoms with Crippen molar-refractivity contribution in [2.45, 2.75) is 26.7 Å². The van der Waals surface area contributed by atoms with Crippen molar-refractivity contribution in [3.63, 3.8) is 0 Å². The van der Waals surface area contributed by atoms with E-state index in [1.807, 2.05) is 19.2 Å². The van der Waals surface area contributed by atoms with Crippen LogP contribution in [-0.2, 0) is 7.05 Å². The normalized spacial score (nSPS) is 11.1. The number of nitrogens with zero attached hydrogens (tertiary/aromatic N) is 2. The van der Waals surface area contributed by atoms with Crippen molar-refractivity contribution in [2.24, 2.45) is 7.05 Å². The van der Waals surface area contributed by atoms with Gasteiger partial charge in [0, 0.05) is 12.6 Å². The fraction of sp³-hybridized carbons (Fsp3) is 0.357. The number of aryl methyl sites for hydroxylation is 2. The number of aromatic nitrogens is 2. The molecule has 0 bridgehead atoms. The number of nitrogen functional groups attached to an aromatic ring is 1. The maximum Gasteiger partial charge on any atom is 0.129 e. The zero-order chi connectivity index (χ0) is 12.6. The van der Waals surface area contributed by atoms with Gasteiger partial charge in [0.2, 0.25) is 0 Å². The van der Waals surface area contributed by atoms with Crippen LogP contribution in [0.15, 0.2) is 24.3 Å². The first-order chi connectivity index (χ1) is 8.02. The Morgan fingerprint density at radius 3 is 2.47 bits per heavy atom. The molecular formula is C14H19N3. The smallest absolute Gasteiger partial charge is 0.129 e. The standard InChI is InChI=1S/C14H19N3/c1-9(2)13-12(14(15)17(4)16-13)11-8-6-5-7-10(11)3/h5-9H,15H2,1-4H3. The van der Waals surface area contributed by atoms with Gasteiger partial charge in [0.25, 0.3) is 0 Å². The molecule has 2 N–H and O–H groups in total. The first kappa shape index (κ1) is 11.7. The van der Waals surface area contributed by atoms with Crippen LogP contribution in [0.25, 0.3) is 11.1 Å². The van der Waals surface area contributed by atoms with E-state index in [1.165, 1.54) is 11.1 Å². The van der Waals surface area contributed by atoms with Crippen LogP contribution in [0, 0.1) is 6.92 Å². The summed E-state index contributed by atoms with van der Waals surface area (Å²) in [7, 11) is 1.89. The van der Waals surface area contributed by atoms with Crippen LogP contribution in [0.5, 0.6) is 0 Å². The highest BCUT2D eigenvalue weighted by molar-refractivity contribution is 5.79. The van der Waals surface area contributed by atoms with Crippen LogP contribution < -0.4 is 5.73 Å². The molecule has 0 saturated carbocycles. The Kier molecular flexibility index (Phi) is 2.92. The van der Waals surface area contributed by atoms with Gasteiger partial charge in [-0.2, -0.15) is 5.10 Å². The Bertz CT molecular complexity index is 538. The average molecular weight is 229 g/mol. The maximum atomic E-state index is 6.14. The molecule has 0 aliphatic carbocycles. The number of hydrogen-bond acceptors (Lipinski definition) is 2.